The predicted octanol–water partition coefficient (Wildman–Crippen LogP) is 4.18. The predicted molar refractivity (Wildman–Crippen MR) is 77.1 cm³/mol. The number of thiazole rings is 1. The van der Waals surface area contributed by atoms with Crippen LogP contribution >= 0.6 is 11.3 Å². The minimum absolute atomic E-state index is 0.769. The maximum atomic E-state index is 4.90. The number of likely N-dealkylation sites (tertiary alicyclic amines) is 1. The molecule has 0 atom stereocenters. The third-order valence-electron chi connectivity index (χ3n) is 4.40. The Bertz CT molecular complexity index is 362. The summed E-state index contributed by atoms with van der Waals surface area (Å²) in [6, 6.07) is 0. The summed E-state index contributed by atoms with van der Waals surface area (Å²) in [5, 5.41) is 3.67. The topological polar surface area (TPSA) is 16.1 Å². The van der Waals surface area contributed by atoms with E-state index in [1.807, 2.05) is 11.3 Å². The third kappa shape index (κ3) is 3.12. The lowest BCUT2D eigenvalue weighted by molar-refractivity contribution is 0.220. The van der Waals surface area contributed by atoms with Crippen LogP contribution in [0.1, 0.15) is 68.0 Å². The largest absolute Gasteiger partial charge is 0.297 e. The summed E-state index contributed by atoms with van der Waals surface area (Å²) in [5.74, 6) is 0.769. The van der Waals surface area contributed by atoms with E-state index < -0.39 is 0 Å². The first-order valence-electron chi connectivity index (χ1n) is 7.58. The summed E-state index contributed by atoms with van der Waals surface area (Å²) >= 11 is 1.88. The van der Waals surface area contributed by atoms with Crippen molar-refractivity contribution in [3.63, 3.8) is 0 Å². The molecule has 0 amide bonds. The molecule has 0 N–H and O–H groups in total. The Kier molecular flexibility index (Phi) is 4.32. The molecule has 1 aromatic heterocycles. The van der Waals surface area contributed by atoms with E-state index in [1.54, 1.807) is 0 Å². The number of nitrogens with zero attached hydrogens (tertiary/aromatic N) is 2. The standard InChI is InChI=1S/C15H24N2S/c1-3-7-13(8-4-1)14-12-18-15(16-14)11-17-9-5-2-6-10-17/h12-13H,1-11H2. The van der Waals surface area contributed by atoms with Gasteiger partial charge in [-0.25, -0.2) is 4.98 Å². The molecule has 2 fully saturated rings. The highest BCUT2D eigenvalue weighted by molar-refractivity contribution is 7.09. The average Bonchev–Trinajstić information content (AvgIpc) is 2.89. The van der Waals surface area contributed by atoms with Crippen LogP contribution in [0.15, 0.2) is 5.38 Å². The van der Waals surface area contributed by atoms with Crippen LogP contribution in [0.4, 0.5) is 0 Å². The van der Waals surface area contributed by atoms with E-state index in [0.717, 1.165) is 12.5 Å². The molecule has 1 aliphatic carbocycles. The van der Waals surface area contributed by atoms with E-state index in [9.17, 15) is 0 Å². The van der Waals surface area contributed by atoms with Crippen molar-refractivity contribution in [2.75, 3.05) is 13.1 Å². The van der Waals surface area contributed by atoms with Gasteiger partial charge in [-0.15, -0.1) is 11.3 Å². The van der Waals surface area contributed by atoms with E-state index in [2.05, 4.69) is 10.3 Å². The fourth-order valence-corrected chi connectivity index (χ4v) is 4.21. The second-order valence-electron chi connectivity index (χ2n) is 5.84. The van der Waals surface area contributed by atoms with Crippen molar-refractivity contribution in [1.82, 2.24) is 9.88 Å². The molecule has 1 aliphatic heterocycles. The number of piperidine rings is 1. The van der Waals surface area contributed by atoms with E-state index in [1.165, 1.54) is 75.2 Å². The molecule has 1 saturated carbocycles. The van der Waals surface area contributed by atoms with Crippen LogP contribution in [0.5, 0.6) is 0 Å². The van der Waals surface area contributed by atoms with E-state index in [0.29, 0.717) is 0 Å². The summed E-state index contributed by atoms with van der Waals surface area (Å²) in [6.45, 7) is 3.65. The van der Waals surface area contributed by atoms with Crippen LogP contribution in [-0.2, 0) is 6.54 Å². The highest BCUT2D eigenvalue weighted by Gasteiger charge is 2.19. The number of hydrogen-bond donors (Lipinski definition) is 0. The minimum Gasteiger partial charge on any atom is -0.297 e. The molecular weight excluding hydrogens is 240 g/mol. The summed E-state index contributed by atoms with van der Waals surface area (Å²) in [4.78, 5) is 7.48. The Hall–Kier alpha value is -0.410. The highest BCUT2D eigenvalue weighted by atomic mass is 32.1. The van der Waals surface area contributed by atoms with Crippen LogP contribution in [0, 0.1) is 0 Å². The summed E-state index contributed by atoms with van der Waals surface area (Å²) < 4.78 is 0. The Balaban J connectivity index is 1.58. The van der Waals surface area contributed by atoms with Gasteiger partial charge in [0.15, 0.2) is 0 Å². The van der Waals surface area contributed by atoms with Crippen molar-refractivity contribution in [1.29, 1.82) is 0 Å². The maximum absolute atomic E-state index is 4.90. The lowest BCUT2D eigenvalue weighted by Crippen LogP contribution is -2.29. The Morgan fingerprint density at radius 2 is 1.78 bits per heavy atom. The van der Waals surface area contributed by atoms with Crippen LogP contribution in [0.25, 0.3) is 0 Å². The number of hydrogen-bond acceptors (Lipinski definition) is 3. The number of aromatic nitrogens is 1. The smallest absolute Gasteiger partial charge is 0.107 e. The van der Waals surface area contributed by atoms with Gasteiger partial charge in [0.2, 0.25) is 0 Å². The molecule has 100 valence electrons. The molecule has 0 bridgehead atoms. The molecule has 2 heterocycles. The molecule has 1 saturated heterocycles. The highest BCUT2D eigenvalue weighted by Crippen LogP contribution is 2.33. The van der Waals surface area contributed by atoms with Gasteiger partial charge < -0.3 is 0 Å². The molecule has 0 spiro atoms. The van der Waals surface area contributed by atoms with Gasteiger partial charge in [-0.1, -0.05) is 25.7 Å². The molecule has 2 nitrogen and oxygen atoms in total. The van der Waals surface area contributed by atoms with Crippen molar-refractivity contribution in [3.05, 3.63) is 16.1 Å². The number of rotatable bonds is 3. The fraction of sp³-hybridized carbons (Fsp3) is 0.800. The van der Waals surface area contributed by atoms with Gasteiger partial charge in [0.05, 0.1) is 12.2 Å². The second kappa shape index (κ2) is 6.16. The minimum atomic E-state index is 0.769. The quantitative estimate of drug-likeness (QED) is 0.814. The van der Waals surface area contributed by atoms with Gasteiger partial charge in [0, 0.05) is 11.3 Å². The van der Waals surface area contributed by atoms with E-state index in [-0.39, 0.29) is 0 Å². The first kappa shape index (κ1) is 12.6. The Morgan fingerprint density at radius 3 is 2.56 bits per heavy atom. The molecule has 0 radical (unpaired) electrons. The molecule has 18 heavy (non-hydrogen) atoms. The first-order valence-corrected chi connectivity index (χ1v) is 8.46. The zero-order valence-corrected chi connectivity index (χ0v) is 12.1. The molecule has 1 aromatic rings. The fourth-order valence-electron chi connectivity index (χ4n) is 3.29. The molecular formula is C15H24N2S. The average molecular weight is 264 g/mol. The molecule has 0 aromatic carbocycles. The van der Waals surface area contributed by atoms with Crippen LogP contribution in [0.3, 0.4) is 0 Å². The lowest BCUT2D eigenvalue weighted by Gasteiger charge is -2.25. The lowest BCUT2D eigenvalue weighted by atomic mass is 9.87. The zero-order valence-electron chi connectivity index (χ0n) is 11.2. The third-order valence-corrected chi connectivity index (χ3v) is 5.25. The Labute approximate surface area is 114 Å². The van der Waals surface area contributed by atoms with Crippen molar-refractivity contribution < 1.29 is 0 Å². The van der Waals surface area contributed by atoms with Crippen LogP contribution in [0.2, 0.25) is 0 Å². The van der Waals surface area contributed by atoms with Crippen LogP contribution in [-0.4, -0.2) is 23.0 Å². The van der Waals surface area contributed by atoms with Crippen LogP contribution < -0.4 is 0 Å². The van der Waals surface area contributed by atoms with Crippen molar-refractivity contribution >= 4 is 11.3 Å². The van der Waals surface area contributed by atoms with Gasteiger partial charge in [-0.3, -0.25) is 4.90 Å². The first-order chi connectivity index (χ1) is 8.92. The van der Waals surface area contributed by atoms with Gasteiger partial charge in [-0.05, 0) is 38.8 Å². The SMILES string of the molecule is c1sc(CN2CCCCC2)nc1C1CCCCC1. The summed E-state index contributed by atoms with van der Waals surface area (Å²) in [7, 11) is 0. The van der Waals surface area contributed by atoms with Crippen molar-refractivity contribution in [2.24, 2.45) is 0 Å². The van der Waals surface area contributed by atoms with Gasteiger partial charge in [-0.2, -0.15) is 0 Å². The van der Waals surface area contributed by atoms with Gasteiger partial charge in [0.25, 0.3) is 0 Å². The van der Waals surface area contributed by atoms with Gasteiger partial charge >= 0.3 is 0 Å². The van der Waals surface area contributed by atoms with E-state index >= 15 is 0 Å². The second-order valence-corrected chi connectivity index (χ2v) is 6.78. The normalized spacial score (nSPS) is 23.3. The molecule has 3 heteroatoms. The maximum Gasteiger partial charge on any atom is 0.107 e. The van der Waals surface area contributed by atoms with Gasteiger partial charge in [0.1, 0.15) is 5.01 Å². The van der Waals surface area contributed by atoms with E-state index in [4.69, 9.17) is 4.98 Å². The molecule has 2 aliphatic rings. The Morgan fingerprint density at radius 1 is 1.06 bits per heavy atom. The van der Waals surface area contributed by atoms with Crippen molar-refractivity contribution in [2.45, 2.75) is 63.8 Å². The zero-order chi connectivity index (χ0) is 12.2. The van der Waals surface area contributed by atoms with Crippen molar-refractivity contribution in [3.8, 4) is 0 Å². The molecule has 0 unspecified atom stereocenters. The molecule has 3 rings (SSSR count). The summed E-state index contributed by atoms with van der Waals surface area (Å²) in [6.07, 6.45) is 11.2. The summed E-state index contributed by atoms with van der Waals surface area (Å²) in [5.41, 5.74) is 1.40. The monoisotopic (exact) mass is 264 g/mol.